The van der Waals surface area contributed by atoms with Crippen molar-refractivity contribution in [2.45, 2.75) is 25.9 Å². The van der Waals surface area contributed by atoms with E-state index in [-0.39, 0.29) is 24.8 Å². The molecule has 0 fully saturated rings. The molecule has 24 heavy (non-hydrogen) atoms. The number of carbonyl (C=O) groups is 1. The number of aromatic nitrogens is 1. The second-order valence-corrected chi connectivity index (χ2v) is 9.69. The highest BCUT2D eigenvalue weighted by Crippen LogP contribution is 2.60. The van der Waals surface area contributed by atoms with E-state index in [1.54, 1.807) is 17.0 Å². The molecule has 6 heteroatoms. The number of nitrogens with zero attached hydrogens (tertiary/aromatic N) is 1. The van der Waals surface area contributed by atoms with Crippen molar-refractivity contribution < 1.29 is 18.8 Å². The van der Waals surface area contributed by atoms with Crippen molar-refractivity contribution in [3.05, 3.63) is 48.3 Å². The Morgan fingerprint density at radius 3 is 2.50 bits per heavy atom. The van der Waals surface area contributed by atoms with Gasteiger partial charge in [0, 0.05) is 24.5 Å². The van der Waals surface area contributed by atoms with Crippen LogP contribution in [0.4, 0.5) is 0 Å². The van der Waals surface area contributed by atoms with E-state index < -0.39 is 7.14 Å². The van der Waals surface area contributed by atoms with Crippen LogP contribution in [0.1, 0.15) is 36.3 Å². The number of rotatable bonds is 6. The molecule has 0 bridgehead atoms. The lowest BCUT2D eigenvalue weighted by Gasteiger charge is -2.26. The summed E-state index contributed by atoms with van der Waals surface area (Å²) in [6.07, 6.45) is 4.81. The van der Waals surface area contributed by atoms with Gasteiger partial charge in [0.2, 0.25) is 12.7 Å². The van der Waals surface area contributed by atoms with E-state index in [1.807, 2.05) is 44.2 Å². The lowest BCUT2D eigenvalue weighted by molar-refractivity contribution is 0.0901. The smallest absolute Gasteiger partial charge is 0.231 e. The number of hydrogen-bond donors (Lipinski definition) is 0. The van der Waals surface area contributed by atoms with Crippen LogP contribution in [0.15, 0.2) is 42.7 Å². The van der Waals surface area contributed by atoms with Crippen LogP contribution in [0, 0.1) is 0 Å². The van der Waals surface area contributed by atoms with E-state index in [9.17, 15) is 9.36 Å². The zero-order chi connectivity index (χ0) is 17.2. The molecule has 0 aliphatic carbocycles. The first-order valence-electron chi connectivity index (χ1n) is 8.21. The van der Waals surface area contributed by atoms with E-state index >= 15 is 0 Å². The first-order chi connectivity index (χ1) is 11.6. The summed E-state index contributed by atoms with van der Waals surface area (Å²) in [5.74, 6) is 1.30. The molecule has 2 aromatic rings. The molecule has 1 aliphatic rings. The van der Waals surface area contributed by atoms with Gasteiger partial charge < -0.3 is 14.0 Å². The summed E-state index contributed by atoms with van der Waals surface area (Å²) in [4.78, 5) is 12.6. The Bertz CT molecular complexity index is 761. The van der Waals surface area contributed by atoms with E-state index in [0.717, 1.165) is 5.56 Å². The fourth-order valence-electron chi connectivity index (χ4n) is 3.11. The van der Waals surface area contributed by atoms with Gasteiger partial charge in [0.15, 0.2) is 11.5 Å². The second kappa shape index (κ2) is 6.86. The van der Waals surface area contributed by atoms with Crippen molar-refractivity contribution in [1.82, 2.24) is 4.57 Å². The average molecular weight is 347 g/mol. The highest BCUT2D eigenvalue weighted by Gasteiger charge is 2.34. The molecule has 0 saturated heterocycles. The molecule has 0 N–H and O–H groups in total. The fraction of sp³-hybridized carbons (Fsp3) is 0.389. The molecule has 5 nitrogen and oxygen atoms in total. The molecule has 2 heterocycles. The first kappa shape index (κ1) is 16.8. The minimum atomic E-state index is -2.52. The lowest BCUT2D eigenvalue weighted by Crippen LogP contribution is -2.15. The van der Waals surface area contributed by atoms with Gasteiger partial charge in [0.1, 0.15) is 0 Å². The molecular weight excluding hydrogens is 325 g/mol. The maximum absolute atomic E-state index is 13.4. The summed E-state index contributed by atoms with van der Waals surface area (Å²) >= 11 is 0. The lowest BCUT2D eigenvalue weighted by atomic mass is 10.1. The fourth-order valence-corrected chi connectivity index (χ4v) is 5.63. The summed E-state index contributed by atoms with van der Waals surface area (Å²) in [5.41, 5.74) is 0.573. The highest BCUT2D eigenvalue weighted by molar-refractivity contribution is 7.64. The van der Waals surface area contributed by atoms with Gasteiger partial charge in [-0.25, -0.2) is 0 Å². The van der Waals surface area contributed by atoms with Crippen LogP contribution in [0.2, 0.25) is 0 Å². The normalized spacial score (nSPS) is 14.6. The topological polar surface area (TPSA) is 57.5 Å². The molecule has 0 unspecified atom stereocenters. The van der Waals surface area contributed by atoms with Crippen LogP contribution in [-0.4, -0.2) is 29.6 Å². The molecular formula is C18H22NO4P. The van der Waals surface area contributed by atoms with Gasteiger partial charge in [0.25, 0.3) is 0 Å². The van der Waals surface area contributed by atoms with Gasteiger partial charge >= 0.3 is 0 Å². The highest BCUT2D eigenvalue weighted by atomic mass is 31.2. The molecule has 0 amide bonds. The Morgan fingerprint density at radius 1 is 1.17 bits per heavy atom. The molecule has 128 valence electrons. The Kier molecular flexibility index (Phi) is 4.81. The molecule has 0 radical (unpaired) electrons. The van der Waals surface area contributed by atoms with Crippen LogP contribution in [-0.2, 0) is 4.57 Å². The van der Waals surface area contributed by atoms with Crippen molar-refractivity contribution in [3.63, 3.8) is 0 Å². The molecule has 0 saturated carbocycles. The third-order valence-electron chi connectivity index (χ3n) is 4.68. The summed E-state index contributed by atoms with van der Waals surface area (Å²) < 4.78 is 25.8. The molecule has 3 rings (SSSR count). The minimum absolute atomic E-state index is 0.0511. The quantitative estimate of drug-likeness (QED) is 0.727. The predicted octanol–water partition coefficient (Wildman–Crippen LogP) is 4.39. The van der Waals surface area contributed by atoms with Crippen LogP contribution >= 0.6 is 7.14 Å². The maximum atomic E-state index is 13.4. The Labute approximate surface area is 141 Å². The van der Waals surface area contributed by atoms with Gasteiger partial charge in [-0.15, -0.1) is 0 Å². The van der Waals surface area contributed by atoms with Gasteiger partial charge in [0.05, 0.1) is 7.14 Å². The second-order valence-electron chi connectivity index (χ2n) is 5.90. The zero-order valence-electron chi connectivity index (χ0n) is 14.0. The summed E-state index contributed by atoms with van der Waals surface area (Å²) in [6.45, 7) is 4.07. The van der Waals surface area contributed by atoms with Crippen molar-refractivity contribution in [1.29, 1.82) is 0 Å². The molecule has 1 aromatic carbocycles. The summed E-state index contributed by atoms with van der Waals surface area (Å²) in [7, 11) is -2.52. The summed E-state index contributed by atoms with van der Waals surface area (Å²) in [5, 5.41) is 0. The van der Waals surface area contributed by atoms with Crippen molar-refractivity contribution >= 4 is 13.0 Å². The SMILES string of the molecule is CCP(=O)(CC)[C@@H](CC(=O)n1cccc1)c1ccc2c(c1)OCO2. The molecule has 0 spiro atoms. The van der Waals surface area contributed by atoms with Gasteiger partial charge in [-0.2, -0.15) is 0 Å². The van der Waals surface area contributed by atoms with E-state index in [0.29, 0.717) is 23.8 Å². The number of carbonyl (C=O) groups excluding carboxylic acids is 1. The molecule has 1 aromatic heterocycles. The average Bonchev–Trinajstić information content (AvgIpc) is 3.29. The number of hydrogen-bond acceptors (Lipinski definition) is 4. The van der Waals surface area contributed by atoms with Crippen LogP contribution in [0.3, 0.4) is 0 Å². The van der Waals surface area contributed by atoms with E-state index in [4.69, 9.17) is 9.47 Å². The standard InChI is InChI=1S/C18H22NO4P/c1-3-24(21,4-2)17(12-18(20)19-9-5-6-10-19)14-7-8-15-16(11-14)23-13-22-15/h5-11,17H,3-4,12-13H2,1-2H3/t17-/m0/s1. The van der Waals surface area contributed by atoms with Gasteiger partial charge in [-0.1, -0.05) is 19.9 Å². The number of ether oxygens (including phenoxy) is 2. The molecule has 1 aliphatic heterocycles. The largest absolute Gasteiger partial charge is 0.454 e. The molecule has 1 atom stereocenters. The zero-order valence-corrected chi connectivity index (χ0v) is 14.9. The minimum Gasteiger partial charge on any atom is -0.454 e. The van der Waals surface area contributed by atoms with E-state index in [1.165, 1.54) is 0 Å². The Hall–Kier alpha value is -2.00. The van der Waals surface area contributed by atoms with Crippen LogP contribution < -0.4 is 9.47 Å². The first-order valence-corrected chi connectivity index (χ1v) is 10.4. The van der Waals surface area contributed by atoms with Crippen molar-refractivity contribution in [2.75, 3.05) is 19.1 Å². The van der Waals surface area contributed by atoms with Crippen molar-refractivity contribution in [3.8, 4) is 11.5 Å². The summed E-state index contributed by atoms with van der Waals surface area (Å²) in [6, 6.07) is 9.23. The van der Waals surface area contributed by atoms with E-state index in [2.05, 4.69) is 0 Å². The van der Waals surface area contributed by atoms with Gasteiger partial charge in [-0.3, -0.25) is 9.36 Å². The predicted molar refractivity (Wildman–Crippen MR) is 93.7 cm³/mol. The third-order valence-corrected chi connectivity index (χ3v) is 8.44. The monoisotopic (exact) mass is 347 g/mol. The van der Waals surface area contributed by atoms with Gasteiger partial charge in [-0.05, 0) is 42.2 Å². The van der Waals surface area contributed by atoms with Crippen LogP contribution in [0.5, 0.6) is 11.5 Å². The number of fused-ring (bicyclic) bond motifs is 1. The number of benzene rings is 1. The Morgan fingerprint density at radius 2 is 1.83 bits per heavy atom. The maximum Gasteiger partial charge on any atom is 0.231 e. The van der Waals surface area contributed by atoms with Crippen molar-refractivity contribution in [2.24, 2.45) is 0 Å². The van der Waals surface area contributed by atoms with Crippen LogP contribution in [0.25, 0.3) is 0 Å². The third kappa shape index (κ3) is 3.13. The Balaban J connectivity index is 1.96.